The molecule has 0 N–H and O–H groups in total. The number of furan rings is 1. The highest BCUT2D eigenvalue weighted by atomic mass is 32.1. The van der Waals surface area contributed by atoms with Crippen molar-refractivity contribution in [2.75, 3.05) is 0 Å². The van der Waals surface area contributed by atoms with Crippen LogP contribution in [0.3, 0.4) is 0 Å². The molecule has 0 atom stereocenters. The molecule has 0 bridgehead atoms. The summed E-state index contributed by atoms with van der Waals surface area (Å²) in [5.74, 6) is 0.936. The van der Waals surface area contributed by atoms with Gasteiger partial charge in [0.25, 0.3) is 5.89 Å². The van der Waals surface area contributed by atoms with E-state index in [1.807, 2.05) is 37.3 Å². The summed E-state index contributed by atoms with van der Waals surface area (Å²) < 4.78 is 11.1. The van der Waals surface area contributed by atoms with Gasteiger partial charge in [0.1, 0.15) is 0 Å². The lowest BCUT2D eigenvalue weighted by Crippen LogP contribution is -1.95. The minimum Gasteiger partial charge on any atom is -0.459 e. The van der Waals surface area contributed by atoms with Gasteiger partial charge in [-0.05, 0) is 30.2 Å². The smallest absolute Gasteiger partial charge is 0.264 e. The monoisotopic (exact) mass is 398 g/mol. The Bertz CT molecular complexity index is 1330. The molecule has 29 heavy (non-hydrogen) atoms. The largest absolute Gasteiger partial charge is 0.459 e. The maximum atomic E-state index is 13.1. The van der Waals surface area contributed by atoms with Gasteiger partial charge in [-0.25, -0.2) is 0 Å². The van der Waals surface area contributed by atoms with Crippen molar-refractivity contribution in [1.29, 1.82) is 5.26 Å². The van der Waals surface area contributed by atoms with Crippen LogP contribution in [0.25, 0.3) is 33.7 Å². The zero-order valence-electron chi connectivity index (χ0n) is 15.4. The molecular formula is C23H14N2O3S. The molecule has 5 nitrogen and oxygen atoms in total. The summed E-state index contributed by atoms with van der Waals surface area (Å²) in [6, 6.07) is 15.1. The standard InChI is InChI=1S/C23H14N2O3S/c1-2-13(12-24)20-15-6-3-4-7-16(15)21(26)17(20)10-14-11-19-23(29-14)25-22(28-19)18-8-5-9-27-18/h3-11H,2H2,1H3/b17-10-,20-13?. The van der Waals surface area contributed by atoms with Gasteiger partial charge in [0.2, 0.25) is 0 Å². The lowest BCUT2D eigenvalue weighted by Gasteiger charge is -2.04. The molecule has 4 aromatic rings. The van der Waals surface area contributed by atoms with E-state index in [1.54, 1.807) is 24.5 Å². The van der Waals surface area contributed by atoms with Gasteiger partial charge in [-0.2, -0.15) is 10.2 Å². The number of Topliss-reactive ketones (excluding diaryl/α,β-unsaturated/α-hetero) is 1. The molecule has 0 unspecified atom stereocenters. The number of ketones is 1. The number of benzene rings is 1. The third kappa shape index (κ3) is 2.75. The van der Waals surface area contributed by atoms with Crippen molar-refractivity contribution in [3.8, 4) is 17.7 Å². The van der Waals surface area contributed by atoms with Crippen molar-refractivity contribution in [2.45, 2.75) is 13.3 Å². The minimum absolute atomic E-state index is 0.0638. The van der Waals surface area contributed by atoms with Crippen LogP contribution in [0, 0.1) is 11.3 Å². The fourth-order valence-corrected chi connectivity index (χ4v) is 4.44. The number of oxazole rings is 1. The van der Waals surface area contributed by atoms with E-state index in [-0.39, 0.29) is 5.78 Å². The number of fused-ring (bicyclic) bond motifs is 2. The molecular weight excluding hydrogens is 384 g/mol. The second-order valence-corrected chi connectivity index (χ2v) is 7.63. The van der Waals surface area contributed by atoms with Gasteiger partial charge in [0.15, 0.2) is 22.0 Å². The molecule has 3 aromatic heterocycles. The predicted molar refractivity (Wildman–Crippen MR) is 111 cm³/mol. The summed E-state index contributed by atoms with van der Waals surface area (Å²) in [5.41, 5.74) is 3.96. The number of nitriles is 1. The topological polar surface area (TPSA) is 80.0 Å². The number of nitrogens with zero attached hydrogens (tertiary/aromatic N) is 2. The van der Waals surface area contributed by atoms with E-state index in [2.05, 4.69) is 11.1 Å². The van der Waals surface area contributed by atoms with Crippen molar-refractivity contribution in [3.05, 3.63) is 75.9 Å². The normalized spacial score (nSPS) is 16.4. The van der Waals surface area contributed by atoms with Crippen molar-refractivity contribution in [3.63, 3.8) is 0 Å². The molecule has 3 heterocycles. The van der Waals surface area contributed by atoms with Gasteiger partial charge in [0, 0.05) is 33.2 Å². The highest BCUT2D eigenvalue weighted by molar-refractivity contribution is 7.19. The Labute approximate surface area is 170 Å². The van der Waals surface area contributed by atoms with Crippen LogP contribution in [-0.4, -0.2) is 10.8 Å². The molecule has 1 aliphatic rings. The summed E-state index contributed by atoms with van der Waals surface area (Å²) >= 11 is 1.43. The third-order valence-corrected chi connectivity index (χ3v) is 5.83. The van der Waals surface area contributed by atoms with E-state index < -0.39 is 0 Å². The first-order valence-electron chi connectivity index (χ1n) is 9.13. The zero-order chi connectivity index (χ0) is 20.0. The van der Waals surface area contributed by atoms with Crippen LogP contribution >= 0.6 is 11.3 Å². The predicted octanol–water partition coefficient (Wildman–Crippen LogP) is 6.12. The Hall–Kier alpha value is -3.69. The number of rotatable bonds is 3. The Morgan fingerprint density at radius 2 is 2.07 bits per heavy atom. The number of allylic oxidation sites excluding steroid dienone is 3. The quantitative estimate of drug-likeness (QED) is 0.307. The van der Waals surface area contributed by atoms with E-state index in [0.29, 0.717) is 40.4 Å². The summed E-state index contributed by atoms with van der Waals surface area (Å²) in [4.78, 5) is 19.1. The fraction of sp³-hybridized carbons (Fsp3) is 0.0870. The van der Waals surface area contributed by atoms with E-state index in [0.717, 1.165) is 20.8 Å². The highest BCUT2D eigenvalue weighted by Crippen LogP contribution is 2.41. The average molecular weight is 398 g/mol. The molecule has 0 fully saturated rings. The zero-order valence-corrected chi connectivity index (χ0v) is 16.2. The van der Waals surface area contributed by atoms with Crippen LogP contribution in [0.15, 0.2) is 68.7 Å². The summed E-state index contributed by atoms with van der Waals surface area (Å²) in [5, 5.41) is 9.61. The van der Waals surface area contributed by atoms with E-state index in [1.165, 1.54) is 11.3 Å². The molecule has 1 aliphatic carbocycles. The lowest BCUT2D eigenvalue weighted by atomic mass is 9.97. The summed E-state index contributed by atoms with van der Waals surface area (Å²) in [6.45, 7) is 1.92. The number of aromatic nitrogens is 1. The van der Waals surface area contributed by atoms with Gasteiger partial charge in [-0.15, -0.1) is 11.3 Å². The summed E-state index contributed by atoms with van der Waals surface area (Å²) in [6.07, 6.45) is 3.96. The minimum atomic E-state index is -0.0638. The number of hydrogen-bond acceptors (Lipinski definition) is 6. The molecule has 6 heteroatoms. The Morgan fingerprint density at radius 3 is 2.76 bits per heavy atom. The second-order valence-electron chi connectivity index (χ2n) is 6.57. The molecule has 0 aliphatic heterocycles. The summed E-state index contributed by atoms with van der Waals surface area (Å²) in [7, 11) is 0. The van der Waals surface area contributed by atoms with E-state index in [4.69, 9.17) is 8.83 Å². The average Bonchev–Trinajstić information content (AvgIpc) is 3.49. The first-order chi connectivity index (χ1) is 14.2. The maximum absolute atomic E-state index is 13.1. The third-order valence-electron chi connectivity index (χ3n) is 4.87. The Balaban J connectivity index is 1.62. The number of thiophene rings is 1. The van der Waals surface area contributed by atoms with Gasteiger partial charge in [-0.3, -0.25) is 4.79 Å². The molecule has 1 aromatic carbocycles. The molecule has 0 spiro atoms. The first-order valence-corrected chi connectivity index (χ1v) is 9.95. The van der Waals surface area contributed by atoms with Gasteiger partial charge < -0.3 is 8.83 Å². The molecule has 5 rings (SSSR count). The Morgan fingerprint density at radius 1 is 1.24 bits per heavy atom. The SMILES string of the molecule is CCC(C#N)=C1/C(=C/c2cc3oc(-c4ccco4)nc3s2)C(=O)c2ccccc21. The van der Waals surface area contributed by atoms with Crippen molar-refractivity contribution < 1.29 is 13.6 Å². The van der Waals surface area contributed by atoms with E-state index >= 15 is 0 Å². The van der Waals surface area contributed by atoms with Gasteiger partial charge in [-0.1, -0.05) is 31.2 Å². The first kappa shape index (κ1) is 17.4. The van der Waals surface area contributed by atoms with Crippen molar-refractivity contribution in [1.82, 2.24) is 4.98 Å². The maximum Gasteiger partial charge on any atom is 0.264 e. The van der Waals surface area contributed by atoms with Crippen LogP contribution < -0.4 is 0 Å². The van der Waals surface area contributed by atoms with Gasteiger partial charge in [0.05, 0.1) is 12.3 Å². The van der Waals surface area contributed by atoms with E-state index in [9.17, 15) is 10.1 Å². The highest BCUT2D eigenvalue weighted by Gasteiger charge is 2.31. The van der Waals surface area contributed by atoms with Crippen LogP contribution in [0.5, 0.6) is 0 Å². The van der Waals surface area contributed by atoms with Crippen LogP contribution in [0.4, 0.5) is 0 Å². The van der Waals surface area contributed by atoms with Crippen LogP contribution in [0.2, 0.25) is 0 Å². The molecule has 0 amide bonds. The lowest BCUT2D eigenvalue weighted by molar-refractivity contribution is 0.104. The molecule has 0 radical (unpaired) electrons. The van der Waals surface area contributed by atoms with Crippen LogP contribution in [0.1, 0.15) is 34.1 Å². The molecule has 0 saturated carbocycles. The van der Waals surface area contributed by atoms with Crippen molar-refractivity contribution >= 4 is 39.2 Å². The Kier molecular flexibility index (Phi) is 4.04. The number of carbonyl (C=O) groups is 1. The van der Waals surface area contributed by atoms with Crippen molar-refractivity contribution in [2.24, 2.45) is 0 Å². The molecule has 140 valence electrons. The van der Waals surface area contributed by atoms with Gasteiger partial charge >= 0.3 is 0 Å². The fourth-order valence-electron chi connectivity index (χ4n) is 3.55. The number of carbonyl (C=O) groups excluding carboxylic acids is 1. The molecule has 0 saturated heterocycles. The number of hydrogen-bond donors (Lipinski definition) is 0. The second kappa shape index (κ2) is 6.73. The van der Waals surface area contributed by atoms with Crippen LogP contribution in [-0.2, 0) is 0 Å².